The van der Waals surface area contributed by atoms with Crippen molar-refractivity contribution >= 4 is 17.5 Å². The molecular weight excluding hydrogens is 241 g/mol. The largest absolute Gasteiger partial charge is 0.352 e. The van der Waals surface area contributed by atoms with E-state index in [9.17, 15) is 9.18 Å². The van der Waals surface area contributed by atoms with Crippen molar-refractivity contribution in [2.75, 3.05) is 12.4 Å². The summed E-state index contributed by atoms with van der Waals surface area (Å²) >= 11 is 5.67. The number of hydrogen-bond donors (Lipinski definition) is 1. The van der Waals surface area contributed by atoms with E-state index in [0.29, 0.717) is 23.9 Å². The standard InChI is InChI=1S/C13H17ClFNO/c1-2-10(6-7-14)9-16-13(17)11-4-3-5-12(15)8-11/h3-5,8,10H,2,6-7,9H2,1H3,(H,16,17). The average molecular weight is 258 g/mol. The molecule has 1 N–H and O–H groups in total. The first-order valence-corrected chi connectivity index (χ1v) is 6.30. The summed E-state index contributed by atoms with van der Waals surface area (Å²) in [5.41, 5.74) is 0.353. The van der Waals surface area contributed by atoms with Crippen LogP contribution in [0.3, 0.4) is 0 Å². The quantitative estimate of drug-likeness (QED) is 0.779. The lowest BCUT2D eigenvalue weighted by molar-refractivity contribution is 0.0946. The Morgan fingerprint density at radius 3 is 2.88 bits per heavy atom. The molecule has 1 aromatic rings. The van der Waals surface area contributed by atoms with Gasteiger partial charge < -0.3 is 5.32 Å². The molecule has 0 aromatic heterocycles. The molecule has 1 aromatic carbocycles. The molecule has 94 valence electrons. The highest BCUT2D eigenvalue weighted by Crippen LogP contribution is 2.09. The Morgan fingerprint density at radius 1 is 1.53 bits per heavy atom. The van der Waals surface area contributed by atoms with E-state index in [2.05, 4.69) is 12.2 Å². The van der Waals surface area contributed by atoms with Crippen molar-refractivity contribution in [3.63, 3.8) is 0 Å². The highest BCUT2D eigenvalue weighted by atomic mass is 35.5. The third-order valence-electron chi connectivity index (χ3n) is 2.73. The summed E-state index contributed by atoms with van der Waals surface area (Å²) in [6.07, 6.45) is 1.84. The molecule has 17 heavy (non-hydrogen) atoms. The molecule has 1 unspecified atom stereocenters. The molecule has 0 spiro atoms. The minimum Gasteiger partial charge on any atom is -0.352 e. The first-order chi connectivity index (χ1) is 8.17. The molecule has 0 heterocycles. The molecule has 1 rings (SSSR count). The van der Waals surface area contributed by atoms with E-state index < -0.39 is 5.82 Å². The number of alkyl halides is 1. The molecule has 0 bridgehead atoms. The molecule has 0 aliphatic heterocycles. The van der Waals surface area contributed by atoms with Crippen LogP contribution in [0, 0.1) is 11.7 Å². The normalized spacial score (nSPS) is 12.2. The zero-order chi connectivity index (χ0) is 12.7. The number of rotatable bonds is 6. The van der Waals surface area contributed by atoms with Gasteiger partial charge in [0.1, 0.15) is 5.82 Å². The molecule has 0 aliphatic carbocycles. The zero-order valence-corrected chi connectivity index (χ0v) is 10.6. The smallest absolute Gasteiger partial charge is 0.251 e. The van der Waals surface area contributed by atoms with Gasteiger partial charge in [-0.25, -0.2) is 4.39 Å². The van der Waals surface area contributed by atoms with E-state index in [1.807, 2.05) is 0 Å². The summed E-state index contributed by atoms with van der Waals surface area (Å²) in [6.45, 7) is 2.64. The lowest BCUT2D eigenvalue weighted by Crippen LogP contribution is -2.29. The molecule has 0 aliphatic rings. The van der Waals surface area contributed by atoms with Gasteiger partial charge in [0.05, 0.1) is 0 Å². The first-order valence-electron chi connectivity index (χ1n) is 5.77. The van der Waals surface area contributed by atoms with Gasteiger partial charge in [-0.3, -0.25) is 4.79 Å². The van der Waals surface area contributed by atoms with Gasteiger partial charge in [0.25, 0.3) is 5.91 Å². The van der Waals surface area contributed by atoms with Crippen molar-refractivity contribution in [3.8, 4) is 0 Å². The van der Waals surface area contributed by atoms with E-state index in [4.69, 9.17) is 11.6 Å². The number of hydrogen-bond acceptors (Lipinski definition) is 1. The van der Waals surface area contributed by atoms with Crippen LogP contribution >= 0.6 is 11.6 Å². The van der Waals surface area contributed by atoms with Crippen LogP contribution in [0.1, 0.15) is 30.1 Å². The average Bonchev–Trinajstić information content (AvgIpc) is 2.34. The fourth-order valence-electron chi connectivity index (χ4n) is 1.57. The maximum Gasteiger partial charge on any atom is 0.251 e. The molecule has 1 atom stereocenters. The topological polar surface area (TPSA) is 29.1 Å². The number of carbonyl (C=O) groups excluding carboxylic acids is 1. The molecular formula is C13H17ClFNO. The molecule has 0 fully saturated rings. The highest BCUT2D eigenvalue weighted by Gasteiger charge is 2.10. The SMILES string of the molecule is CCC(CCCl)CNC(=O)c1cccc(F)c1. The van der Waals surface area contributed by atoms with Gasteiger partial charge in [-0.2, -0.15) is 0 Å². The highest BCUT2D eigenvalue weighted by molar-refractivity contribution is 6.17. The Morgan fingerprint density at radius 2 is 2.29 bits per heavy atom. The van der Waals surface area contributed by atoms with Crippen LogP contribution < -0.4 is 5.32 Å². The van der Waals surface area contributed by atoms with E-state index in [1.165, 1.54) is 18.2 Å². The Balaban J connectivity index is 2.49. The predicted octanol–water partition coefficient (Wildman–Crippen LogP) is 3.21. The number of amides is 1. The van der Waals surface area contributed by atoms with E-state index in [-0.39, 0.29) is 5.91 Å². The molecule has 0 saturated heterocycles. The monoisotopic (exact) mass is 257 g/mol. The van der Waals surface area contributed by atoms with Gasteiger partial charge in [-0.15, -0.1) is 11.6 Å². The van der Waals surface area contributed by atoms with Crippen LogP contribution in [-0.4, -0.2) is 18.3 Å². The summed E-state index contributed by atoms with van der Waals surface area (Å²) in [5.74, 6) is 0.335. The Labute approximate surface area is 106 Å². The van der Waals surface area contributed by atoms with Gasteiger partial charge in [0, 0.05) is 18.0 Å². The lowest BCUT2D eigenvalue weighted by atomic mass is 10.0. The number of nitrogens with one attached hydrogen (secondary N) is 1. The summed E-state index contributed by atoms with van der Waals surface area (Å²) in [5, 5.41) is 2.80. The van der Waals surface area contributed by atoms with Gasteiger partial charge in [-0.05, 0) is 30.5 Å². The van der Waals surface area contributed by atoms with Crippen molar-refractivity contribution in [3.05, 3.63) is 35.6 Å². The van der Waals surface area contributed by atoms with Gasteiger partial charge >= 0.3 is 0 Å². The predicted molar refractivity (Wildman–Crippen MR) is 67.9 cm³/mol. The van der Waals surface area contributed by atoms with Crippen molar-refractivity contribution in [2.24, 2.45) is 5.92 Å². The third kappa shape index (κ3) is 4.73. The van der Waals surface area contributed by atoms with E-state index in [0.717, 1.165) is 12.8 Å². The summed E-state index contributed by atoms with van der Waals surface area (Å²) < 4.78 is 12.9. The number of benzene rings is 1. The second-order valence-electron chi connectivity index (χ2n) is 3.97. The van der Waals surface area contributed by atoms with Gasteiger partial charge in [-0.1, -0.05) is 19.4 Å². The van der Waals surface area contributed by atoms with Crippen LogP contribution in [0.2, 0.25) is 0 Å². The van der Waals surface area contributed by atoms with Crippen molar-refractivity contribution in [1.82, 2.24) is 5.32 Å². The number of halogens is 2. The van der Waals surface area contributed by atoms with Crippen molar-refractivity contribution in [2.45, 2.75) is 19.8 Å². The molecule has 0 radical (unpaired) electrons. The summed E-state index contributed by atoms with van der Waals surface area (Å²) in [7, 11) is 0. The van der Waals surface area contributed by atoms with Crippen molar-refractivity contribution < 1.29 is 9.18 Å². The maximum atomic E-state index is 12.9. The molecule has 0 saturated carbocycles. The van der Waals surface area contributed by atoms with Gasteiger partial charge in [0.15, 0.2) is 0 Å². The van der Waals surface area contributed by atoms with Crippen LogP contribution in [-0.2, 0) is 0 Å². The molecule has 2 nitrogen and oxygen atoms in total. The van der Waals surface area contributed by atoms with E-state index >= 15 is 0 Å². The minimum atomic E-state index is -0.398. The Bertz CT molecular complexity index is 370. The van der Waals surface area contributed by atoms with Crippen LogP contribution in [0.25, 0.3) is 0 Å². The van der Waals surface area contributed by atoms with Crippen LogP contribution in [0.15, 0.2) is 24.3 Å². The fraction of sp³-hybridized carbons (Fsp3) is 0.462. The second kappa shape index (κ2) is 7.28. The van der Waals surface area contributed by atoms with Gasteiger partial charge in [0.2, 0.25) is 0 Å². The Kier molecular flexibility index (Phi) is 5.98. The van der Waals surface area contributed by atoms with Crippen LogP contribution in [0.4, 0.5) is 4.39 Å². The summed E-state index contributed by atoms with van der Waals surface area (Å²) in [6, 6.07) is 5.68. The Hall–Kier alpha value is -1.09. The first kappa shape index (κ1) is 14.0. The van der Waals surface area contributed by atoms with Crippen LogP contribution in [0.5, 0.6) is 0 Å². The molecule has 1 amide bonds. The number of carbonyl (C=O) groups is 1. The van der Waals surface area contributed by atoms with Crippen molar-refractivity contribution in [1.29, 1.82) is 0 Å². The fourth-order valence-corrected chi connectivity index (χ4v) is 1.88. The second-order valence-corrected chi connectivity index (χ2v) is 4.35. The van der Waals surface area contributed by atoms with E-state index in [1.54, 1.807) is 6.07 Å². The summed E-state index contributed by atoms with van der Waals surface area (Å²) in [4.78, 5) is 11.7. The third-order valence-corrected chi connectivity index (χ3v) is 2.95. The maximum absolute atomic E-state index is 12.9. The molecule has 4 heteroatoms. The minimum absolute atomic E-state index is 0.238. The zero-order valence-electron chi connectivity index (χ0n) is 9.88. The lowest BCUT2D eigenvalue weighted by Gasteiger charge is -2.14.